The molecule has 0 unspecified atom stereocenters. The predicted molar refractivity (Wildman–Crippen MR) is 150 cm³/mol. The molecule has 0 spiro atoms. The fraction of sp³-hybridized carbons (Fsp3) is 0.571. The summed E-state index contributed by atoms with van der Waals surface area (Å²) < 4.78 is 1.47. The molecule has 210 valence electrons. The molecule has 3 aliphatic heterocycles. The largest absolute Gasteiger partial charge is 0.354 e. The van der Waals surface area contributed by atoms with Crippen LogP contribution in [-0.2, 0) is 11.3 Å². The first-order chi connectivity index (χ1) is 18.7. The summed E-state index contributed by atoms with van der Waals surface area (Å²) >= 11 is 0. The third kappa shape index (κ3) is 6.48. The molecule has 2 aromatic rings. The predicted octanol–water partition coefficient (Wildman–Crippen LogP) is 1.08. The van der Waals surface area contributed by atoms with Gasteiger partial charge in [-0.25, -0.2) is 9.59 Å². The van der Waals surface area contributed by atoms with Crippen LogP contribution in [0.5, 0.6) is 0 Å². The Morgan fingerprint density at radius 1 is 0.974 bits per heavy atom. The molecule has 3 amide bonds. The molecule has 39 heavy (non-hydrogen) atoms. The number of hydrogen-bond acceptors (Lipinski definition) is 7. The van der Waals surface area contributed by atoms with Crippen LogP contribution in [0.2, 0.25) is 0 Å². The molecule has 3 fully saturated rings. The molecule has 0 bridgehead atoms. The van der Waals surface area contributed by atoms with Crippen LogP contribution in [0.15, 0.2) is 41.3 Å². The van der Waals surface area contributed by atoms with E-state index in [4.69, 9.17) is 5.73 Å². The summed E-state index contributed by atoms with van der Waals surface area (Å²) in [6, 6.07) is 9.27. The Balaban J connectivity index is 1.12. The van der Waals surface area contributed by atoms with Gasteiger partial charge in [-0.15, -0.1) is 0 Å². The van der Waals surface area contributed by atoms with E-state index in [0.717, 1.165) is 37.2 Å². The SMILES string of the molecule is CC(C)(N)C(=O)N1CCN(C(=O)Nc2ccn(-c3ccc(CN4CCC(C5CNC5)CC4)cc3)c(=O)n2)CC1. The van der Waals surface area contributed by atoms with Gasteiger partial charge in [0.15, 0.2) is 0 Å². The van der Waals surface area contributed by atoms with Crippen LogP contribution in [0.3, 0.4) is 0 Å². The molecule has 4 N–H and O–H groups in total. The molecule has 1 aromatic carbocycles. The summed E-state index contributed by atoms with van der Waals surface area (Å²) in [7, 11) is 0. The number of carbonyl (C=O) groups excluding carboxylic acids is 2. The number of nitrogens with one attached hydrogen (secondary N) is 2. The summed E-state index contributed by atoms with van der Waals surface area (Å²) in [6.07, 6.45) is 4.17. The number of amides is 3. The summed E-state index contributed by atoms with van der Waals surface area (Å²) in [5.41, 5.74) is 6.46. The average Bonchev–Trinajstić information content (AvgIpc) is 2.89. The number of rotatable bonds is 6. The Bertz CT molecular complexity index is 1220. The highest BCUT2D eigenvalue weighted by Gasteiger charge is 2.32. The summed E-state index contributed by atoms with van der Waals surface area (Å²) in [5.74, 6) is 1.79. The molecular weight excluding hydrogens is 496 g/mol. The first-order valence-electron chi connectivity index (χ1n) is 13.9. The van der Waals surface area contributed by atoms with Crippen molar-refractivity contribution >= 4 is 17.8 Å². The maximum atomic E-state index is 12.7. The van der Waals surface area contributed by atoms with Gasteiger partial charge in [0.1, 0.15) is 5.82 Å². The number of benzene rings is 1. The van der Waals surface area contributed by atoms with Gasteiger partial charge in [0.05, 0.1) is 11.2 Å². The maximum absolute atomic E-state index is 12.7. The molecule has 1 aromatic heterocycles. The minimum Gasteiger partial charge on any atom is -0.338 e. The van der Waals surface area contributed by atoms with E-state index < -0.39 is 11.2 Å². The minimum atomic E-state index is -0.941. The molecule has 11 nitrogen and oxygen atoms in total. The Kier molecular flexibility index (Phi) is 8.01. The van der Waals surface area contributed by atoms with Crippen LogP contribution in [-0.4, -0.2) is 94.1 Å². The van der Waals surface area contributed by atoms with E-state index in [0.29, 0.717) is 26.2 Å². The van der Waals surface area contributed by atoms with Crippen molar-refractivity contribution in [3.63, 3.8) is 0 Å². The molecular formula is C28H40N8O3. The minimum absolute atomic E-state index is 0.136. The summed E-state index contributed by atoms with van der Waals surface area (Å²) in [5, 5.41) is 6.09. The molecule has 5 rings (SSSR count). The van der Waals surface area contributed by atoms with Crippen LogP contribution in [0.4, 0.5) is 10.6 Å². The van der Waals surface area contributed by atoms with Crippen molar-refractivity contribution in [3.05, 3.63) is 52.6 Å². The first kappa shape index (κ1) is 27.3. The van der Waals surface area contributed by atoms with E-state index in [1.165, 1.54) is 36.1 Å². The van der Waals surface area contributed by atoms with E-state index in [1.54, 1.807) is 35.9 Å². The Morgan fingerprint density at radius 3 is 2.18 bits per heavy atom. The van der Waals surface area contributed by atoms with Crippen molar-refractivity contribution in [1.29, 1.82) is 0 Å². The highest BCUT2D eigenvalue weighted by atomic mass is 16.2. The second-order valence-electron chi connectivity index (χ2n) is 11.6. The van der Waals surface area contributed by atoms with Gasteiger partial charge in [-0.05, 0) is 88.5 Å². The van der Waals surface area contributed by atoms with Crippen molar-refractivity contribution in [2.75, 3.05) is 57.7 Å². The molecule has 0 radical (unpaired) electrons. The fourth-order valence-electron chi connectivity index (χ4n) is 5.62. The number of nitrogens with zero attached hydrogens (tertiary/aromatic N) is 5. The number of carbonyl (C=O) groups is 2. The molecule has 3 saturated heterocycles. The van der Waals surface area contributed by atoms with Crippen molar-refractivity contribution in [2.45, 2.75) is 38.8 Å². The lowest BCUT2D eigenvalue weighted by Gasteiger charge is -2.40. The second kappa shape index (κ2) is 11.4. The lowest BCUT2D eigenvalue weighted by atomic mass is 9.81. The zero-order valence-corrected chi connectivity index (χ0v) is 22.9. The van der Waals surface area contributed by atoms with Gasteiger partial charge in [-0.1, -0.05) is 12.1 Å². The van der Waals surface area contributed by atoms with Crippen molar-refractivity contribution < 1.29 is 9.59 Å². The average molecular weight is 537 g/mol. The van der Waals surface area contributed by atoms with Crippen LogP contribution >= 0.6 is 0 Å². The number of piperidine rings is 1. The summed E-state index contributed by atoms with van der Waals surface area (Å²) in [6.45, 7) is 10.5. The number of urea groups is 1. The van der Waals surface area contributed by atoms with Gasteiger partial charge in [-0.2, -0.15) is 4.98 Å². The maximum Gasteiger partial charge on any atom is 0.354 e. The van der Waals surface area contributed by atoms with E-state index in [9.17, 15) is 14.4 Å². The first-order valence-corrected chi connectivity index (χ1v) is 13.9. The lowest BCUT2D eigenvalue weighted by molar-refractivity contribution is -0.137. The zero-order valence-electron chi connectivity index (χ0n) is 22.9. The standard InChI is InChI=1S/C28H40N8O3/c1-28(2,29)25(37)34-13-15-35(16-14-34)26(38)31-24-9-12-36(27(39)32-24)23-5-3-20(4-6-23)19-33-10-7-21(8-11-33)22-17-30-18-22/h3-6,9,12,21-22,30H,7-8,10-11,13-19,29H2,1-2H3,(H,31,32,38,39). The van der Waals surface area contributed by atoms with Crippen molar-refractivity contribution in [2.24, 2.45) is 17.6 Å². The Hall–Kier alpha value is -3.28. The Labute approximate surface area is 229 Å². The monoisotopic (exact) mass is 536 g/mol. The van der Waals surface area contributed by atoms with E-state index in [-0.39, 0.29) is 17.8 Å². The fourth-order valence-corrected chi connectivity index (χ4v) is 5.62. The topological polar surface area (TPSA) is 129 Å². The van der Waals surface area contributed by atoms with Crippen LogP contribution in [0.1, 0.15) is 32.3 Å². The molecule has 4 heterocycles. The molecule has 0 atom stereocenters. The van der Waals surface area contributed by atoms with Gasteiger partial charge in [0.2, 0.25) is 5.91 Å². The van der Waals surface area contributed by atoms with Gasteiger partial charge >= 0.3 is 11.7 Å². The number of anilines is 1. The van der Waals surface area contributed by atoms with Crippen LogP contribution in [0, 0.1) is 11.8 Å². The summed E-state index contributed by atoms with van der Waals surface area (Å²) in [4.78, 5) is 47.7. The van der Waals surface area contributed by atoms with Gasteiger partial charge < -0.3 is 20.9 Å². The quantitative estimate of drug-likeness (QED) is 0.504. The van der Waals surface area contributed by atoms with Gasteiger partial charge in [0.25, 0.3) is 0 Å². The smallest absolute Gasteiger partial charge is 0.338 e. The number of aromatic nitrogens is 2. The Morgan fingerprint density at radius 2 is 1.62 bits per heavy atom. The zero-order chi connectivity index (χ0) is 27.6. The lowest BCUT2D eigenvalue weighted by Crippen LogP contribution is -2.58. The molecule has 0 aliphatic carbocycles. The second-order valence-corrected chi connectivity index (χ2v) is 11.6. The number of piperazine rings is 1. The molecule has 11 heteroatoms. The third-order valence-electron chi connectivity index (χ3n) is 8.18. The number of nitrogens with two attached hydrogens (primary N) is 1. The molecule has 3 aliphatic rings. The highest BCUT2D eigenvalue weighted by molar-refractivity contribution is 5.89. The van der Waals surface area contributed by atoms with Gasteiger partial charge in [0, 0.05) is 38.9 Å². The van der Waals surface area contributed by atoms with E-state index in [2.05, 4.69) is 32.7 Å². The number of hydrogen-bond donors (Lipinski definition) is 3. The van der Waals surface area contributed by atoms with E-state index >= 15 is 0 Å². The normalized spacial score (nSPS) is 19.6. The van der Waals surface area contributed by atoms with Crippen LogP contribution in [0.25, 0.3) is 5.69 Å². The number of likely N-dealkylation sites (tertiary alicyclic amines) is 1. The third-order valence-corrected chi connectivity index (χ3v) is 8.18. The highest BCUT2D eigenvalue weighted by Crippen LogP contribution is 2.28. The van der Waals surface area contributed by atoms with Crippen LogP contribution < -0.4 is 22.1 Å². The van der Waals surface area contributed by atoms with Gasteiger partial charge in [-0.3, -0.25) is 19.6 Å². The van der Waals surface area contributed by atoms with E-state index in [1.807, 2.05) is 12.1 Å². The molecule has 0 saturated carbocycles. The van der Waals surface area contributed by atoms with Crippen molar-refractivity contribution in [1.82, 2.24) is 29.6 Å². The van der Waals surface area contributed by atoms with Crippen molar-refractivity contribution in [3.8, 4) is 5.69 Å².